The molecule has 2 aliphatic rings. The molecule has 0 radical (unpaired) electrons. The number of Topliss-reactive ketones (excluding diaryl/α,β-unsaturated/α-hetero) is 2. The third-order valence-corrected chi connectivity index (χ3v) is 8.10. The third-order valence-electron chi connectivity index (χ3n) is 7.82. The monoisotopic (exact) mass is 751 g/mol. The number of pyridine rings is 1. The summed E-state index contributed by atoms with van der Waals surface area (Å²) in [7, 11) is 1.78. The van der Waals surface area contributed by atoms with E-state index in [-0.39, 0.29) is 17.7 Å². The quantitative estimate of drug-likeness (QED) is 0.173. The molecule has 0 spiro atoms. The molecule has 52 heavy (non-hydrogen) atoms. The van der Waals surface area contributed by atoms with Gasteiger partial charge in [0.05, 0.1) is 18.1 Å². The van der Waals surface area contributed by atoms with Gasteiger partial charge in [-0.15, -0.1) is 0 Å². The number of carbonyl (C=O) groups is 4. The van der Waals surface area contributed by atoms with Gasteiger partial charge in [-0.1, -0.05) is 11.6 Å². The summed E-state index contributed by atoms with van der Waals surface area (Å²) < 4.78 is 68.6. The average molecular weight is 752 g/mol. The molecule has 1 saturated heterocycles. The van der Waals surface area contributed by atoms with Crippen LogP contribution in [0.15, 0.2) is 55.1 Å². The largest absolute Gasteiger partial charge is 0.458 e. The molecule has 2 amide bonds. The number of halogens is 7. The number of nitrogens with zero attached hydrogens (tertiary/aromatic N) is 6. The van der Waals surface area contributed by atoms with Gasteiger partial charge in [-0.2, -0.15) is 36.4 Å². The summed E-state index contributed by atoms with van der Waals surface area (Å²) in [6, 6.07) is 9.50. The van der Waals surface area contributed by atoms with Crippen LogP contribution in [-0.4, -0.2) is 78.5 Å². The highest BCUT2D eigenvalue weighted by Crippen LogP contribution is 2.30. The number of rotatable bonds is 5. The van der Waals surface area contributed by atoms with Gasteiger partial charge in [-0.05, 0) is 66.6 Å². The molecule has 0 aliphatic carbocycles. The number of fused-ring (bicyclic) bond motifs is 6. The molecule has 4 aromatic rings. The number of ketones is 2. The van der Waals surface area contributed by atoms with Crippen LogP contribution < -0.4 is 16.0 Å². The number of benzene rings is 1. The van der Waals surface area contributed by atoms with E-state index >= 15 is 0 Å². The van der Waals surface area contributed by atoms with Gasteiger partial charge < -0.3 is 20.9 Å². The van der Waals surface area contributed by atoms with Crippen LogP contribution in [0.3, 0.4) is 0 Å². The van der Waals surface area contributed by atoms with Crippen molar-refractivity contribution >= 4 is 63.8 Å². The zero-order valence-corrected chi connectivity index (χ0v) is 27.7. The number of likely N-dealkylation sites (tertiary alicyclic amines) is 1. The van der Waals surface area contributed by atoms with Crippen molar-refractivity contribution in [3.8, 4) is 0 Å². The first-order valence-corrected chi connectivity index (χ1v) is 15.8. The van der Waals surface area contributed by atoms with Crippen molar-refractivity contribution in [1.29, 1.82) is 0 Å². The van der Waals surface area contributed by atoms with Crippen molar-refractivity contribution in [3.63, 3.8) is 0 Å². The molecular weight excluding hydrogens is 724 g/mol. The Hall–Kier alpha value is -5.59. The van der Waals surface area contributed by atoms with Crippen LogP contribution >= 0.6 is 11.6 Å². The first-order chi connectivity index (χ1) is 24.5. The lowest BCUT2D eigenvalue weighted by atomic mass is 10.0. The van der Waals surface area contributed by atoms with E-state index in [1.165, 1.54) is 0 Å². The number of nitrogens with one attached hydrogen (secondary N) is 3. The summed E-state index contributed by atoms with van der Waals surface area (Å²) in [5.74, 6) is -6.02. The van der Waals surface area contributed by atoms with Gasteiger partial charge in [0.15, 0.2) is 5.82 Å². The van der Waals surface area contributed by atoms with Gasteiger partial charge in [0.25, 0.3) is 5.91 Å². The maximum Gasteiger partial charge on any atom is 0.458 e. The molecular formula is C32H28ClF6N9O4. The number of aromatic nitrogens is 5. The second kappa shape index (κ2) is 15.3. The molecule has 3 N–H and O–H groups in total. The summed E-state index contributed by atoms with van der Waals surface area (Å²) in [5, 5.41) is 14.2. The van der Waals surface area contributed by atoms with Crippen LogP contribution in [0.1, 0.15) is 34.5 Å². The van der Waals surface area contributed by atoms with Crippen LogP contribution in [0.2, 0.25) is 5.02 Å². The van der Waals surface area contributed by atoms with E-state index in [1.54, 1.807) is 41.3 Å². The molecule has 5 heterocycles. The van der Waals surface area contributed by atoms with Crippen molar-refractivity contribution < 1.29 is 45.5 Å². The Balaban J connectivity index is 0.000000376. The SMILES string of the molecule is Cn1ccc(C(=O)N2CC[C@@H](CC(=O)Nc3ccc4cc3CCc3cncc(c3)Nc3ncc(Cl)c(n3)N4)C2)n1.O=C(C(=O)C(F)(F)F)C(F)(F)F. The van der Waals surface area contributed by atoms with Gasteiger partial charge in [0, 0.05) is 50.3 Å². The normalized spacial score (nSPS) is 15.4. The van der Waals surface area contributed by atoms with Crippen molar-refractivity contribution in [2.45, 2.75) is 38.0 Å². The highest BCUT2D eigenvalue weighted by molar-refractivity contribution is 6.41. The predicted octanol–water partition coefficient (Wildman–Crippen LogP) is 5.58. The minimum Gasteiger partial charge on any atom is -0.339 e. The zero-order chi connectivity index (χ0) is 37.8. The number of anilines is 5. The lowest BCUT2D eigenvalue weighted by molar-refractivity contribution is -0.193. The highest BCUT2D eigenvalue weighted by Gasteiger charge is 2.54. The minimum absolute atomic E-state index is 0.0756. The number of hydrogen-bond acceptors (Lipinski definition) is 10. The lowest BCUT2D eigenvalue weighted by Gasteiger charge is -2.17. The topological polar surface area (TPSA) is 164 Å². The van der Waals surface area contributed by atoms with E-state index in [9.17, 15) is 45.5 Å². The second-order valence-electron chi connectivity index (χ2n) is 11.8. The van der Waals surface area contributed by atoms with Crippen molar-refractivity contribution in [1.82, 2.24) is 29.6 Å². The Kier molecular flexibility index (Phi) is 11.1. The lowest BCUT2D eigenvalue weighted by Crippen LogP contribution is -2.39. The Morgan fingerprint density at radius 2 is 1.67 bits per heavy atom. The fourth-order valence-corrected chi connectivity index (χ4v) is 5.49. The fourth-order valence-electron chi connectivity index (χ4n) is 5.35. The fraction of sp³-hybridized carbons (Fsp3) is 0.312. The van der Waals surface area contributed by atoms with Crippen LogP contribution in [0.25, 0.3) is 0 Å². The summed E-state index contributed by atoms with van der Waals surface area (Å²) in [6.07, 6.45) is -2.18. The number of aryl methyl sites for hydroxylation is 3. The van der Waals surface area contributed by atoms with Crippen LogP contribution in [0.4, 0.5) is 55.2 Å². The Labute approximate surface area is 295 Å². The molecule has 6 rings (SSSR count). The molecule has 0 saturated carbocycles. The Morgan fingerprint density at radius 1 is 0.942 bits per heavy atom. The van der Waals surface area contributed by atoms with Crippen molar-refractivity contribution in [2.75, 3.05) is 29.0 Å². The molecule has 1 atom stereocenters. The van der Waals surface area contributed by atoms with Gasteiger partial charge >= 0.3 is 23.9 Å². The minimum atomic E-state index is -5.77. The second-order valence-corrected chi connectivity index (χ2v) is 12.2. The zero-order valence-electron chi connectivity index (χ0n) is 27.0. The summed E-state index contributed by atoms with van der Waals surface area (Å²) in [4.78, 5) is 60.0. The van der Waals surface area contributed by atoms with Crippen LogP contribution in [-0.2, 0) is 34.3 Å². The predicted molar refractivity (Wildman–Crippen MR) is 174 cm³/mol. The average Bonchev–Trinajstić information content (AvgIpc) is 3.73. The summed E-state index contributed by atoms with van der Waals surface area (Å²) in [6.45, 7) is 1.16. The van der Waals surface area contributed by atoms with Gasteiger partial charge in [-0.25, -0.2) is 4.98 Å². The Morgan fingerprint density at radius 3 is 2.35 bits per heavy atom. The van der Waals surface area contributed by atoms with Crippen LogP contribution in [0, 0.1) is 5.92 Å². The van der Waals surface area contributed by atoms with E-state index in [1.807, 2.05) is 30.5 Å². The first-order valence-electron chi connectivity index (χ1n) is 15.4. The Bertz CT molecular complexity index is 1980. The number of alkyl halides is 6. The molecule has 2 aliphatic heterocycles. The van der Waals surface area contributed by atoms with Crippen molar-refractivity contribution in [2.24, 2.45) is 13.0 Å². The molecule has 20 heteroatoms. The van der Waals surface area contributed by atoms with Gasteiger partial charge in [0.2, 0.25) is 11.9 Å². The summed E-state index contributed by atoms with van der Waals surface area (Å²) >= 11 is 6.37. The van der Waals surface area contributed by atoms with E-state index in [0.29, 0.717) is 48.4 Å². The number of amides is 2. The maximum atomic E-state index is 13.1. The van der Waals surface area contributed by atoms with E-state index in [2.05, 4.69) is 36.0 Å². The first kappa shape index (κ1) is 37.7. The van der Waals surface area contributed by atoms with Gasteiger partial charge in [-0.3, -0.25) is 28.8 Å². The molecule has 6 bridgehead atoms. The molecule has 274 valence electrons. The standard InChI is InChI=1S/C28H28ClN9O2.C4F6O2/c1-37-8-7-24(36-37)27(40)38-9-6-18(16-38)11-25(39)34-23-5-4-20-12-19(23)3-2-17-10-21(14-30-13-17)33-28-31-15-22(29)26(32-20)35-28;5-3(6,7)1(11)2(12)4(8,9)10/h4-5,7-8,10,12-15,18H,2-3,6,9,11,16H2,1H3,(H,34,39)(H2,31,32,33,35);/t18-;/m0./s1. The van der Waals surface area contributed by atoms with E-state index in [4.69, 9.17) is 11.6 Å². The van der Waals surface area contributed by atoms with Gasteiger partial charge in [0.1, 0.15) is 10.7 Å². The van der Waals surface area contributed by atoms with Crippen molar-refractivity contribution in [3.05, 3.63) is 77.0 Å². The molecule has 1 fully saturated rings. The third kappa shape index (κ3) is 9.59. The number of hydrogen-bond donors (Lipinski definition) is 3. The van der Waals surface area contributed by atoms with E-state index < -0.39 is 23.9 Å². The summed E-state index contributed by atoms with van der Waals surface area (Å²) in [5.41, 5.74) is 4.76. The highest BCUT2D eigenvalue weighted by atomic mass is 35.5. The van der Waals surface area contributed by atoms with E-state index in [0.717, 1.165) is 41.0 Å². The smallest absolute Gasteiger partial charge is 0.339 e. The maximum absolute atomic E-state index is 13.1. The molecule has 13 nitrogen and oxygen atoms in total. The molecule has 3 aromatic heterocycles. The van der Waals surface area contributed by atoms with Crippen LogP contribution in [0.5, 0.6) is 0 Å². The number of carbonyl (C=O) groups excluding carboxylic acids is 4. The molecule has 0 unspecified atom stereocenters. The molecule has 1 aromatic carbocycles.